The van der Waals surface area contributed by atoms with E-state index in [1.54, 1.807) is 29.2 Å². The number of nitrogens with zero attached hydrogens (tertiary/aromatic N) is 1. The molecule has 4 nitrogen and oxygen atoms in total. The highest BCUT2D eigenvalue weighted by Crippen LogP contribution is 2.25. The zero-order valence-corrected chi connectivity index (χ0v) is 10.9. The molecule has 0 aromatic heterocycles. The smallest absolute Gasteiger partial charge is 0.322 e. The normalized spacial score (nSPS) is 15.0. The van der Waals surface area contributed by atoms with E-state index in [2.05, 4.69) is 5.32 Å². The van der Waals surface area contributed by atoms with E-state index in [0.717, 1.165) is 19.3 Å². The van der Waals surface area contributed by atoms with E-state index in [1.807, 2.05) is 0 Å². The quantitative estimate of drug-likeness (QED) is 0.882. The lowest BCUT2D eigenvalue weighted by Crippen LogP contribution is -2.47. The summed E-state index contributed by atoms with van der Waals surface area (Å²) in [6, 6.07) is 7.10. The standard InChI is InChI=1S/C13H17ClN2O2/c14-10-4-6-11(7-5-10)15-13(18)16(8-9-17)12-2-1-3-12/h4-7,12,17H,1-3,8-9H2,(H,15,18). The number of aliphatic hydroxyl groups excluding tert-OH is 1. The second-order valence-corrected chi connectivity index (χ2v) is 4.88. The Balaban J connectivity index is 1.97. The molecule has 18 heavy (non-hydrogen) atoms. The van der Waals surface area contributed by atoms with Crippen LogP contribution in [-0.2, 0) is 0 Å². The lowest BCUT2D eigenvalue weighted by Gasteiger charge is -2.37. The van der Waals surface area contributed by atoms with Gasteiger partial charge in [-0.1, -0.05) is 11.6 Å². The van der Waals surface area contributed by atoms with Crippen LogP contribution in [0.1, 0.15) is 19.3 Å². The van der Waals surface area contributed by atoms with Gasteiger partial charge in [0.25, 0.3) is 0 Å². The Morgan fingerprint density at radius 2 is 2.06 bits per heavy atom. The van der Waals surface area contributed by atoms with Gasteiger partial charge in [-0.3, -0.25) is 0 Å². The van der Waals surface area contributed by atoms with Crippen molar-refractivity contribution in [2.24, 2.45) is 0 Å². The molecule has 0 radical (unpaired) electrons. The van der Waals surface area contributed by atoms with Gasteiger partial charge in [-0.05, 0) is 43.5 Å². The van der Waals surface area contributed by atoms with Crippen LogP contribution in [0.5, 0.6) is 0 Å². The minimum atomic E-state index is -0.156. The van der Waals surface area contributed by atoms with Crippen molar-refractivity contribution in [1.82, 2.24) is 4.90 Å². The molecule has 2 N–H and O–H groups in total. The average molecular weight is 269 g/mol. The van der Waals surface area contributed by atoms with Crippen molar-refractivity contribution in [3.05, 3.63) is 29.3 Å². The Kier molecular flexibility index (Phi) is 4.44. The number of aliphatic hydroxyl groups is 1. The minimum Gasteiger partial charge on any atom is -0.395 e. The summed E-state index contributed by atoms with van der Waals surface area (Å²) in [7, 11) is 0. The van der Waals surface area contributed by atoms with Crippen LogP contribution in [-0.4, -0.2) is 35.2 Å². The van der Waals surface area contributed by atoms with Gasteiger partial charge in [-0.25, -0.2) is 4.79 Å². The summed E-state index contributed by atoms with van der Waals surface area (Å²) in [5.41, 5.74) is 0.715. The van der Waals surface area contributed by atoms with Crippen molar-refractivity contribution in [1.29, 1.82) is 0 Å². The van der Waals surface area contributed by atoms with E-state index in [1.165, 1.54) is 0 Å². The van der Waals surface area contributed by atoms with Gasteiger partial charge in [0.15, 0.2) is 0 Å². The average Bonchev–Trinajstić information content (AvgIpc) is 2.29. The Labute approximate surface area is 112 Å². The first-order valence-corrected chi connectivity index (χ1v) is 6.52. The van der Waals surface area contributed by atoms with E-state index in [9.17, 15) is 4.79 Å². The number of rotatable bonds is 4. The van der Waals surface area contributed by atoms with Crippen LogP contribution in [0.4, 0.5) is 10.5 Å². The van der Waals surface area contributed by atoms with Crippen LogP contribution < -0.4 is 5.32 Å². The van der Waals surface area contributed by atoms with Crippen LogP contribution >= 0.6 is 11.6 Å². The Bertz CT molecular complexity index is 404. The highest BCUT2D eigenvalue weighted by molar-refractivity contribution is 6.30. The summed E-state index contributed by atoms with van der Waals surface area (Å²) in [5, 5.41) is 12.5. The third kappa shape index (κ3) is 3.15. The summed E-state index contributed by atoms with van der Waals surface area (Å²) >= 11 is 5.79. The topological polar surface area (TPSA) is 52.6 Å². The number of hydrogen-bond acceptors (Lipinski definition) is 2. The van der Waals surface area contributed by atoms with Crippen LogP contribution in [0, 0.1) is 0 Å². The van der Waals surface area contributed by atoms with Crippen molar-refractivity contribution in [3.63, 3.8) is 0 Å². The maximum absolute atomic E-state index is 12.1. The molecule has 0 atom stereocenters. The number of hydrogen-bond donors (Lipinski definition) is 2. The van der Waals surface area contributed by atoms with E-state index in [0.29, 0.717) is 17.3 Å². The fourth-order valence-electron chi connectivity index (χ4n) is 1.98. The first kappa shape index (κ1) is 13.2. The number of nitrogens with one attached hydrogen (secondary N) is 1. The third-order valence-electron chi connectivity index (χ3n) is 3.21. The number of benzene rings is 1. The molecule has 2 amide bonds. The van der Waals surface area contributed by atoms with Gasteiger partial charge in [-0.2, -0.15) is 0 Å². The predicted octanol–water partition coefficient (Wildman–Crippen LogP) is 2.72. The fraction of sp³-hybridized carbons (Fsp3) is 0.462. The maximum Gasteiger partial charge on any atom is 0.322 e. The van der Waals surface area contributed by atoms with Crippen molar-refractivity contribution in [2.45, 2.75) is 25.3 Å². The summed E-state index contributed by atoms with van der Waals surface area (Å²) in [6.45, 7) is 0.370. The molecular formula is C13H17ClN2O2. The molecule has 0 saturated heterocycles. The number of halogens is 1. The van der Waals surface area contributed by atoms with Gasteiger partial charge in [0, 0.05) is 23.3 Å². The second-order valence-electron chi connectivity index (χ2n) is 4.44. The SMILES string of the molecule is O=C(Nc1ccc(Cl)cc1)N(CCO)C1CCC1. The monoisotopic (exact) mass is 268 g/mol. The lowest BCUT2D eigenvalue weighted by atomic mass is 9.92. The summed E-state index contributed by atoms with van der Waals surface area (Å²) in [6.07, 6.45) is 3.20. The molecule has 5 heteroatoms. The van der Waals surface area contributed by atoms with Gasteiger partial charge in [0.2, 0.25) is 0 Å². The first-order chi connectivity index (χ1) is 8.70. The number of carbonyl (C=O) groups excluding carboxylic acids is 1. The zero-order chi connectivity index (χ0) is 13.0. The molecule has 1 aromatic carbocycles. The molecule has 1 fully saturated rings. The molecule has 1 aromatic rings. The Morgan fingerprint density at radius 1 is 1.39 bits per heavy atom. The third-order valence-corrected chi connectivity index (χ3v) is 3.46. The van der Waals surface area contributed by atoms with E-state index >= 15 is 0 Å². The van der Waals surface area contributed by atoms with Crippen molar-refractivity contribution < 1.29 is 9.90 Å². The fourth-order valence-corrected chi connectivity index (χ4v) is 2.11. The Morgan fingerprint density at radius 3 is 2.56 bits per heavy atom. The molecule has 0 spiro atoms. The first-order valence-electron chi connectivity index (χ1n) is 6.15. The van der Waals surface area contributed by atoms with Crippen molar-refractivity contribution in [3.8, 4) is 0 Å². The van der Waals surface area contributed by atoms with Crippen LogP contribution in [0.15, 0.2) is 24.3 Å². The maximum atomic E-state index is 12.1. The van der Waals surface area contributed by atoms with Crippen molar-refractivity contribution in [2.75, 3.05) is 18.5 Å². The van der Waals surface area contributed by atoms with Crippen LogP contribution in [0.2, 0.25) is 5.02 Å². The molecule has 0 unspecified atom stereocenters. The molecule has 1 aliphatic rings. The molecule has 1 aliphatic carbocycles. The number of carbonyl (C=O) groups is 1. The highest BCUT2D eigenvalue weighted by Gasteiger charge is 2.28. The second kappa shape index (κ2) is 6.07. The predicted molar refractivity (Wildman–Crippen MR) is 71.9 cm³/mol. The van der Waals surface area contributed by atoms with E-state index in [4.69, 9.17) is 16.7 Å². The van der Waals surface area contributed by atoms with E-state index in [-0.39, 0.29) is 18.7 Å². The van der Waals surface area contributed by atoms with E-state index < -0.39 is 0 Å². The van der Waals surface area contributed by atoms with Crippen LogP contribution in [0.25, 0.3) is 0 Å². The zero-order valence-electron chi connectivity index (χ0n) is 10.1. The van der Waals surface area contributed by atoms with Gasteiger partial charge >= 0.3 is 6.03 Å². The molecule has 0 heterocycles. The van der Waals surface area contributed by atoms with Gasteiger partial charge < -0.3 is 15.3 Å². The molecule has 0 aliphatic heterocycles. The van der Waals surface area contributed by atoms with Gasteiger partial charge in [0.1, 0.15) is 0 Å². The molecule has 0 bridgehead atoms. The van der Waals surface area contributed by atoms with Crippen LogP contribution in [0.3, 0.4) is 0 Å². The Hall–Kier alpha value is -1.26. The van der Waals surface area contributed by atoms with Crippen molar-refractivity contribution >= 4 is 23.3 Å². The summed E-state index contributed by atoms with van der Waals surface area (Å²) in [4.78, 5) is 13.8. The summed E-state index contributed by atoms with van der Waals surface area (Å²) in [5.74, 6) is 0. The van der Waals surface area contributed by atoms with Gasteiger partial charge in [0.05, 0.1) is 6.61 Å². The minimum absolute atomic E-state index is 0.00939. The molecule has 1 saturated carbocycles. The number of amides is 2. The molecular weight excluding hydrogens is 252 g/mol. The number of urea groups is 1. The molecule has 2 rings (SSSR count). The van der Waals surface area contributed by atoms with Gasteiger partial charge in [-0.15, -0.1) is 0 Å². The largest absolute Gasteiger partial charge is 0.395 e. The lowest BCUT2D eigenvalue weighted by molar-refractivity contribution is 0.127. The highest BCUT2D eigenvalue weighted by atomic mass is 35.5. The summed E-state index contributed by atoms with van der Waals surface area (Å²) < 4.78 is 0. The molecule has 98 valence electrons. The number of anilines is 1.